The number of nitrogens with zero attached hydrogens (tertiary/aromatic N) is 2. The van der Waals surface area contributed by atoms with Crippen LogP contribution in [0.1, 0.15) is 6.92 Å². The maximum atomic E-state index is 11.0. The van der Waals surface area contributed by atoms with E-state index < -0.39 is 0 Å². The van der Waals surface area contributed by atoms with Crippen LogP contribution in [0, 0.1) is 0 Å². The van der Waals surface area contributed by atoms with Crippen molar-refractivity contribution < 1.29 is 4.79 Å². The van der Waals surface area contributed by atoms with E-state index in [1.807, 2.05) is 0 Å². The predicted octanol–water partition coefficient (Wildman–Crippen LogP) is 1.13. The molecular weight excluding hydrogens is 168 g/mol. The van der Waals surface area contributed by atoms with Gasteiger partial charge < -0.3 is 5.32 Å². The van der Waals surface area contributed by atoms with Crippen LogP contribution in [-0.2, 0) is 0 Å². The van der Waals surface area contributed by atoms with Gasteiger partial charge in [0.1, 0.15) is 0 Å². The summed E-state index contributed by atoms with van der Waals surface area (Å²) in [5.41, 5.74) is 0. The third kappa shape index (κ3) is 3.33. The van der Waals surface area contributed by atoms with E-state index in [-0.39, 0.29) is 12.0 Å². The van der Waals surface area contributed by atoms with E-state index in [1.54, 1.807) is 31.5 Å². The first-order chi connectivity index (χ1) is 6.33. The summed E-state index contributed by atoms with van der Waals surface area (Å²) in [4.78, 5) is 18.7. The van der Waals surface area contributed by atoms with Gasteiger partial charge in [-0.25, -0.2) is 14.8 Å². The largest absolute Gasteiger partial charge is 0.325 e. The molecule has 2 N–H and O–H groups in total. The second-order valence-electron chi connectivity index (χ2n) is 2.17. The minimum Gasteiger partial charge on any atom is -0.315 e. The van der Waals surface area contributed by atoms with Gasteiger partial charge in [0.25, 0.3) is 0 Å². The molecule has 0 radical (unpaired) electrons. The van der Waals surface area contributed by atoms with Gasteiger partial charge in [0, 0.05) is 18.6 Å². The Balaban J connectivity index is 2.46. The molecular formula is C8H10N4O. The van der Waals surface area contributed by atoms with Crippen LogP contribution in [0.15, 0.2) is 30.7 Å². The van der Waals surface area contributed by atoms with E-state index in [0.29, 0.717) is 0 Å². The Morgan fingerprint density at radius 1 is 1.46 bits per heavy atom. The smallest absolute Gasteiger partial charge is 0.315 e. The fourth-order valence-electron chi connectivity index (χ4n) is 0.660. The van der Waals surface area contributed by atoms with Crippen molar-refractivity contribution in [3.63, 3.8) is 0 Å². The van der Waals surface area contributed by atoms with Crippen molar-refractivity contribution in [2.24, 2.45) is 0 Å². The van der Waals surface area contributed by atoms with Gasteiger partial charge in [-0.3, -0.25) is 5.32 Å². The van der Waals surface area contributed by atoms with Crippen LogP contribution < -0.4 is 10.6 Å². The second-order valence-corrected chi connectivity index (χ2v) is 2.17. The Morgan fingerprint density at radius 3 is 2.77 bits per heavy atom. The summed E-state index contributed by atoms with van der Waals surface area (Å²) in [5, 5.41) is 4.92. The van der Waals surface area contributed by atoms with Gasteiger partial charge in [-0.2, -0.15) is 0 Å². The monoisotopic (exact) mass is 178 g/mol. The molecule has 1 aromatic heterocycles. The standard InChI is InChI=1S/C8H10N4O/c1-2-4-11-8(13)12-7-9-5-3-6-10-7/h2-6H,1H3,(H2,9,10,11,12,13)/b4-2+. The molecule has 1 aromatic rings. The molecule has 1 heterocycles. The molecule has 1 rings (SSSR count). The number of rotatable bonds is 2. The molecule has 0 spiro atoms. The SMILES string of the molecule is C/C=C/NC(=O)Nc1ncccn1. The molecule has 0 saturated carbocycles. The Hall–Kier alpha value is -1.91. The Morgan fingerprint density at radius 2 is 2.15 bits per heavy atom. The topological polar surface area (TPSA) is 66.9 Å². The van der Waals surface area contributed by atoms with Crippen LogP contribution in [0.3, 0.4) is 0 Å². The lowest BCUT2D eigenvalue weighted by molar-refractivity contribution is 0.255. The summed E-state index contributed by atoms with van der Waals surface area (Å²) in [6.07, 6.45) is 6.35. The van der Waals surface area contributed by atoms with Crippen molar-refractivity contribution in [1.82, 2.24) is 15.3 Å². The maximum Gasteiger partial charge on any atom is 0.325 e. The van der Waals surface area contributed by atoms with Crippen molar-refractivity contribution >= 4 is 12.0 Å². The van der Waals surface area contributed by atoms with Gasteiger partial charge >= 0.3 is 6.03 Å². The summed E-state index contributed by atoms with van der Waals surface area (Å²) in [5.74, 6) is 0.282. The fraction of sp³-hybridized carbons (Fsp3) is 0.125. The van der Waals surface area contributed by atoms with Crippen LogP contribution in [0.5, 0.6) is 0 Å². The van der Waals surface area contributed by atoms with Crippen LogP contribution in [0.2, 0.25) is 0 Å². The van der Waals surface area contributed by atoms with Crippen molar-refractivity contribution in [2.75, 3.05) is 5.32 Å². The third-order valence-corrected chi connectivity index (χ3v) is 1.17. The fourth-order valence-corrected chi connectivity index (χ4v) is 0.660. The van der Waals surface area contributed by atoms with Gasteiger partial charge in [0.05, 0.1) is 0 Å². The maximum absolute atomic E-state index is 11.0. The first-order valence-corrected chi connectivity index (χ1v) is 3.78. The lowest BCUT2D eigenvalue weighted by atomic mass is 10.6. The Bertz CT molecular complexity index is 296. The van der Waals surface area contributed by atoms with E-state index in [2.05, 4.69) is 20.6 Å². The summed E-state index contributed by atoms with van der Waals surface area (Å²) in [7, 11) is 0. The Labute approximate surface area is 75.9 Å². The van der Waals surface area contributed by atoms with Crippen LogP contribution >= 0.6 is 0 Å². The van der Waals surface area contributed by atoms with E-state index in [0.717, 1.165) is 0 Å². The van der Waals surface area contributed by atoms with Gasteiger partial charge in [-0.1, -0.05) is 6.08 Å². The molecule has 5 heteroatoms. The van der Waals surface area contributed by atoms with Crippen LogP contribution in [-0.4, -0.2) is 16.0 Å². The summed E-state index contributed by atoms with van der Waals surface area (Å²) < 4.78 is 0. The first kappa shape index (κ1) is 9.18. The van der Waals surface area contributed by atoms with E-state index in [9.17, 15) is 4.79 Å². The number of aromatic nitrogens is 2. The number of carbonyl (C=O) groups is 1. The van der Waals surface area contributed by atoms with Crippen molar-refractivity contribution in [2.45, 2.75) is 6.92 Å². The molecule has 0 saturated heterocycles. The molecule has 0 aromatic carbocycles. The number of allylic oxidation sites excluding steroid dienone is 1. The lowest BCUT2D eigenvalue weighted by Crippen LogP contribution is -2.24. The highest BCUT2D eigenvalue weighted by atomic mass is 16.2. The zero-order valence-electron chi connectivity index (χ0n) is 7.19. The Kier molecular flexibility index (Phi) is 3.44. The van der Waals surface area contributed by atoms with Crippen molar-refractivity contribution in [3.05, 3.63) is 30.7 Å². The molecule has 5 nitrogen and oxygen atoms in total. The van der Waals surface area contributed by atoms with Crippen LogP contribution in [0.25, 0.3) is 0 Å². The quantitative estimate of drug-likeness (QED) is 0.713. The number of hydrogen-bond acceptors (Lipinski definition) is 3. The molecule has 0 fully saturated rings. The molecule has 13 heavy (non-hydrogen) atoms. The molecule has 0 aliphatic carbocycles. The predicted molar refractivity (Wildman–Crippen MR) is 49.0 cm³/mol. The average Bonchev–Trinajstić information content (AvgIpc) is 2.16. The van der Waals surface area contributed by atoms with Crippen molar-refractivity contribution in [3.8, 4) is 0 Å². The average molecular weight is 178 g/mol. The number of anilines is 1. The lowest BCUT2D eigenvalue weighted by Gasteiger charge is -2.00. The normalized spacial score (nSPS) is 9.92. The zero-order valence-corrected chi connectivity index (χ0v) is 7.19. The summed E-state index contributed by atoms with van der Waals surface area (Å²) in [6, 6.07) is 1.32. The minimum atomic E-state index is -0.357. The number of hydrogen-bond donors (Lipinski definition) is 2. The van der Waals surface area contributed by atoms with Gasteiger partial charge in [-0.05, 0) is 13.0 Å². The summed E-state index contributed by atoms with van der Waals surface area (Å²) >= 11 is 0. The third-order valence-electron chi connectivity index (χ3n) is 1.17. The highest BCUT2D eigenvalue weighted by Crippen LogP contribution is 1.92. The van der Waals surface area contributed by atoms with E-state index in [4.69, 9.17) is 0 Å². The zero-order chi connectivity index (χ0) is 9.52. The van der Waals surface area contributed by atoms with Crippen LogP contribution in [0.4, 0.5) is 10.7 Å². The number of amides is 2. The highest BCUT2D eigenvalue weighted by Gasteiger charge is 1.98. The van der Waals surface area contributed by atoms with Crippen molar-refractivity contribution in [1.29, 1.82) is 0 Å². The number of carbonyl (C=O) groups excluding carboxylic acids is 1. The van der Waals surface area contributed by atoms with E-state index in [1.165, 1.54) is 6.20 Å². The molecule has 2 amide bonds. The van der Waals surface area contributed by atoms with Gasteiger partial charge in [-0.15, -0.1) is 0 Å². The molecule has 0 aliphatic heterocycles. The minimum absolute atomic E-state index is 0.282. The van der Waals surface area contributed by atoms with E-state index >= 15 is 0 Å². The molecule has 0 bridgehead atoms. The second kappa shape index (κ2) is 4.87. The molecule has 0 aliphatic rings. The first-order valence-electron chi connectivity index (χ1n) is 3.78. The summed E-state index contributed by atoms with van der Waals surface area (Å²) in [6.45, 7) is 1.80. The number of urea groups is 1. The highest BCUT2D eigenvalue weighted by molar-refractivity contribution is 5.87. The molecule has 0 unspecified atom stereocenters. The number of nitrogens with one attached hydrogen (secondary N) is 2. The van der Waals surface area contributed by atoms with Gasteiger partial charge in [0.15, 0.2) is 0 Å². The molecule has 0 atom stereocenters. The molecule has 68 valence electrons. The van der Waals surface area contributed by atoms with Gasteiger partial charge in [0.2, 0.25) is 5.95 Å².